The van der Waals surface area contributed by atoms with Crippen LogP contribution in [0.2, 0.25) is 0 Å². The minimum Gasteiger partial charge on any atom is -0.399 e. The van der Waals surface area contributed by atoms with Gasteiger partial charge in [0.2, 0.25) is 5.91 Å². The SMILES string of the molecule is Nc1ccc(F)c(NC(=O)CCN2CCCC2CCCO)c1. The number of carbonyl (C=O) groups is 1. The van der Waals surface area contributed by atoms with Gasteiger partial charge in [-0.2, -0.15) is 0 Å². The molecule has 1 aromatic rings. The van der Waals surface area contributed by atoms with Gasteiger partial charge in [-0.15, -0.1) is 0 Å². The van der Waals surface area contributed by atoms with E-state index in [1.54, 1.807) is 0 Å². The highest BCUT2D eigenvalue weighted by molar-refractivity contribution is 5.91. The third-order valence-corrected chi connectivity index (χ3v) is 4.09. The molecule has 1 heterocycles. The van der Waals surface area contributed by atoms with Crippen molar-refractivity contribution in [3.8, 4) is 0 Å². The van der Waals surface area contributed by atoms with Crippen molar-refractivity contribution in [1.82, 2.24) is 4.90 Å². The van der Waals surface area contributed by atoms with Crippen LogP contribution in [0.25, 0.3) is 0 Å². The molecule has 1 unspecified atom stereocenters. The number of amides is 1. The number of nitrogen functional groups attached to an aromatic ring is 1. The second-order valence-corrected chi connectivity index (χ2v) is 5.74. The number of hydrogen-bond acceptors (Lipinski definition) is 4. The van der Waals surface area contributed by atoms with Crippen LogP contribution in [0, 0.1) is 5.82 Å². The molecule has 2 rings (SSSR count). The van der Waals surface area contributed by atoms with Gasteiger partial charge in [-0.3, -0.25) is 9.69 Å². The van der Waals surface area contributed by atoms with Gasteiger partial charge in [-0.05, 0) is 50.4 Å². The standard InChI is InChI=1S/C16H24FN3O2/c17-14-6-5-12(18)11-15(14)19-16(22)7-9-20-8-1-3-13(20)4-2-10-21/h5-6,11,13,21H,1-4,7-10,18H2,(H,19,22). The third-order valence-electron chi connectivity index (χ3n) is 4.09. The summed E-state index contributed by atoms with van der Waals surface area (Å²) in [4.78, 5) is 14.3. The molecule has 1 amide bonds. The van der Waals surface area contributed by atoms with E-state index in [0.29, 0.717) is 24.7 Å². The van der Waals surface area contributed by atoms with Gasteiger partial charge < -0.3 is 16.2 Å². The summed E-state index contributed by atoms with van der Waals surface area (Å²) in [5.74, 6) is -0.693. The van der Waals surface area contributed by atoms with E-state index in [4.69, 9.17) is 10.8 Å². The van der Waals surface area contributed by atoms with Crippen molar-refractivity contribution in [2.75, 3.05) is 30.7 Å². The average molecular weight is 309 g/mol. The van der Waals surface area contributed by atoms with Gasteiger partial charge in [-0.1, -0.05) is 0 Å². The van der Waals surface area contributed by atoms with E-state index in [2.05, 4.69) is 10.2 Å². The Bertz CT molecular complexity index is 510. The first-order chi connectivity index (χ1) is 10.6. The highest BCUT2D eigenvalue weighted by Gasteiger charge is 2.24. The van der Waals surface area contributed by atoms with Gasteiger partial charge >= 0.3 is 0 Å². The van der Waals surface area contributed by atoms with Crippen LogP contribution < -0.4 is 11.1 Å². The van der Waals surface area contributed by atoms with Crippen LogP contribution in [0.15, 0.2) is 18.2 Å². The molecule has 1 fully saturated rings. The minimum absolute atomic E-state index is 0.128. The predicted molar refractivity (Wildman–Crippen MR) is 85.0 cm³/mol. The van der Waals surface area contributed by atoms with Crippen LogP contribution in [-0.4, -0.2) is 41.7 Å². The van der Waals surface area contributed by atoms with Crippen molar-refractivity contribution in [3.05, 3.63) is 24.0 Å². The quantitative estimate of drug-likeness (QED) is 0.673. The summed E-state index contributed by atoms with van der Waals surface area (Å²) in [6.07, 6.45) is 4.32. The van der Waals surface area contributed by atoms with Crippen molar-refractivity contribution in [3.63, 3.8) is 0 Å². The lowest BCUT2D eigenvalue weighted by Gasteiger charge is -2.23. The Morgan fingerprint density at radius 2 is 2.32 bits per heavy atom. The van der Waals surface area contributed by atoms with Crippen LogP contribution in [0.5, 0.6) is 0 Å². The molecule has 0 radical (unpaired) electrons. The number of aliphatic hydroxyl groups is 1. The number of likely N-dealkylation sites (tertiary alicyclic amines) is 1. The second kappa shape index (κ2) is 8.10. The molecule has 4 N–H and O–H groups in total. The molecule has 1 saturated heterocycles. The van der Waals surface area contributed by atoms with Gasteiger partial charge in [0.05, 0.1) is 5.69 Å². The number of carbonyl (C=O) groups excluding carboxylic acids is 1. The monoisotopic (exact) mass is 309 g/mol. The van der Waals surface area contributed by atoms with Gasteiger partial charge in [0.15, 0.2) is 0 Å². The Kier molecular flexibility index (Phi) is 6.15. The summed E-state index contributed by atoms with van der Waals surface area (Å²) < 4.78 is 13.6. The van der Waals surface area contributed by atoms with Crippen LogP contribution in [0.3, 0.4) is 0 Å². The Hall–Kier alpha value is -1.66. The number of nitrogens with one attached hydrogen (secondary N) is 1. The van der Waals surface area contributed by atoms with Crippen LogP contribution in [-0.2, 0) is 4.79 Å². The number of nitrogens with zero attached hydrogens (tertiary/aromatic N) is 1. The van der Waals surface area contributed by atoms with E-state index >= 15 is 0 Å². The normalized spacial score (nSPS) is 18.5. The number of rotatable bonds is 7. The fourth-order valence-corrected chi connectivity index (χ4v) is 2.94. The van der Waals surface area contributed by atoms with Crippen LogP contribution in [0.1, 0.15) is 32.1 Å². The Morgan fingerprint density at radius 3 is 3.09 bits per heavy atom. The third kappa shape index (κ3) is 4.68. The van der Waals surface area contributed by atoms with Crippen LogP contribution >= 0.6 is 0 Å². The summed E-state index contributed by atoms with van der Waals surface area (Å²) in [6, 6.07) is 4.58. The smallest absolute Gasteiger partial charge is 0.225 e. The summed E-state index contributed by atoms with van der Waals surface area (Å²) in [7, 11) is 0. The lowest BCUT2D eigenvalue weighted by molar-refractivity contribution is -0.116. The Balaban J connectivity index is 1.81. The van der Waals surface area contributed by atoms with E-state index in [1.807, 2.05) is 0 Å². The molecule has 6 heteroatoms. The fraction of sp³-hybridized carbons (Fsp3) is 0.562. The zero-order chi connectivity index (χ0) is 15.9. The molecular formula is C16H24FN3O2. The number of nitrogens with two attached hydrogens (primary N) is 1. The van der Waals surface area contributed by atoms with Gasteiger partial charge in [0.1, 0.15) is 5.82 Å². The number of anilines is 2. The van der Waals surface area contributed by atoms with Crippen molar-refractivity contribution < 1.29 is 14.3 Å². The van der Waals surface area contributed by atoms with Gasteiger partial charge in [0.25, 0.3) is 0 Å². The fourth-order valence-electron chi connectivity index (χ4n) is 2.94. The molecule has 1 aliphatic heterocycles. The molecule has 122 valence electrons. The average Bonchev–Trinajstić information content (AvgIpc) is 2.94. The lowest BCUT2D eigenvalue weighted by Crippen LogP contribution is -2.32. The largest absolute Gasteiger partial charge is 0.399 e. The van der Waals surface area contributed by atoms with E-state index in [-0.39, 0.29) is 18.2 Å². The first-order valence-electron chi connectivity index (χ1n) is 7.80. The molecular weight excluding hydrogens is 285 g/mol. The van der Waals surface area contributed by atoms with E-state index in [1.165, 1.54) is 18.2 Å². The summed E-state index contributed by atoms with van der Waals surface area (Å²) in [6.45, 7) is 1.85. The van der Waals surface area contributed by atoms with Crippen LogP contribution in [0.4, 0.5) is 15.8 Å². The zero-order valence-electron chi connectivity index (χ0n) is 12.7. The summed E-state index contributed by atoms with van der Waals surface area (Å²) in [5.41, 5.74) is 6.14. The summed E-state index contributed by atoms with van der Waals surface area (Å²) >= 11 is 0. The molecule has 0 spiro atoms. The molecule has 0 saturated carbocycles. The van der Waals surface area contributed by atoms with Gasteiger partial charge in [0, 0.05) is 31.3 Å². The summed E-state index contributed by atoms with van der Waals surface area (Å²) in [5, 5.41) is 11.5. The molecule has 0 aliphatic carbocycles. The maximum Gasteiger partial charge on any atom is 0.225 e. The minimum atomic E-state index is -0.482. The van der Waals surface area contributed by atoms with Crippen molar-refractivity contribution in [2.45, 2.75) is 38.1 Å². The molecule has 1 atom stereocenters. The van der Waals surface area contributed by atoms with Gasteiger partial charge in [-0.25, -0.2) is 4.39 Å². The van der Waals surface area contributed by atoms with E-state index in [9.17, 15) is 9.18 Å². The van der Waals surface area contributed by atoms with Crippen molar-refractivity contribution in [1.29, 1.82) is 0 Å². The number of aliphatic hydroxyl groups excluding tert-OH is 1. The predicted octanol–water partition coefficient (Wildman–Crippen LogP) is 1.97. The second-order valence-electron chi connectivity index (χ2n) is 5.74. The molecule has 0 aromatic heterocycles. The van der Waals surface area contributed by atoms with Crippen molar-refractivity contribution in [2.24, 2.45) is 0 Å². The number of halogens is 1. The highest BCUT2D eigenvalue weighted by Crippen LogP contribution is 2.22. The topological polar surface area (TPSA) is 78.6 Å². The Labute approximate surface area is 130 Å². The highest BCUT2D eigenvalue weighted by atomic mass is 19.1. The molecule has 22 heavy (non-hydrogen) atoms. The zero-order valence-corrected chi connectivity index (χ0v) is 12.7. The molecule has 1 aromatic carbocycles. The van der Waals surface area contributed by atoms with E-state index < -0.39 is 5.82 Å². The lowest BCUT2D eigenvalue weighted by atomic mass is 10.1. The first kappa shape index (κ1) is 16.7. The maximum absolute atomic E-state index is 13.6. The van der Waals surface area contributed by atoms with Crippen molar-refractivity contribution >= 4 is 17.3 Å². The Morgan fingerprint density at radius 1 is 1.50 bits per heavy atom. The molecule has 1 aliphatic rings. The molecule has 0 bridgehead atoms. The number of hydrogen-bond donors (Lipinski definition) is 3. The maximum atomic E-state index is 13.6. The van der Waals surface area contributed by atoms with E-state index in [0.717, 1.165) is 32.2 Å². The molecule has 5 nitrogen and oxygen atoms in total. The first-order valence-corrected chi connectivity index (χ1v) is 7.80. The number of benzene rings is 1.